The maximum absolute atomic E-state index is 9.31. The minimum Gasteiger partial charge on any atom is -0.376 e. The van der Waals surface area contributed by atoms with Gasteiger partial charge in [-0.05, 0) is 31.6 Å². The number of nitrogens with zero attached hydrogens (tertiary/aromatic N) is 1. The van der Waals surface area contributed by atoms with Gasteiger partial charge in [-0.1, -0.05) is 0 Å². The van der Waals surface area contributed by atoms with Crippen molar-refractivity contribution in [3.8, 4) is 6.07 Å². The molecule has 5 heteroatoms. The Hall–Kier alpha value is -0.413. The molecule has 16 heavy (non-hydrogen) atoms. The van der Waals surface area contributed by atoms with Gasteiger partial charge in [-0.3, -0.25) is 0 Å². The number of fused-ring (bicyclic) bond motifs is 2. The predicted molar refractivity (Wildman–Crippen MR) is 60.5 cm³/mol. The van der Waals surface area contributed by atoms with Crippen LogP contribution in [0.3, 0.4) is 0 Å². The van der Waals surface area contributed by atoms with Crippen LogP contribution < -0.4 is 0 Å². The fourth-order valence-electron chi connectivity index (χ4n) is 3.79. The van der Waals surface area contributed by atoms with Crippen molar-refractivity contribution in [1.29, 1.82) is 5.26 Å². The van der Waals surface area contributed by atoms with Crippen LogP contribution in [0.4, 0.5) is 0 Å². The standard InChI is InChI=1S/C11H19NO3Si/c1-13-16(14-2,15-3)11-5-4-9(7-11)6-10(11)8-12/h9-10H,4-7H2,1-3H3. The summed E-state index contributed by atoms with van der Waals surface area (Å²) >= 11 is 0. The van der Waals surface area contributed by atoms with Crippen LogP contribution in [-0.4, -0.2) is 30.1 Å². The molecule has 2 bridgehead atoms. The van der Waals surface area contributed by atoms with Crippen molar-refractivity contribution in [3.05, 3.63) is 0 Å². The van der Waals surface area contributed by atoms with Gasteiger partial charge in [0.15, 0.2) is 0 Å². The summed E-state index contributed by atoms with van der Waals surface area (Å²) in [5, 5.41) is 9.16. The molecule has 0 N–H and O–H groups in total. The van der Waals surface area contributed by atoms with Crippen molar-refractivity contribution in [2.24, 2.45) is 11.8 Å². The summed E-state index contributed by atoms with van der Waals surface area (Å²) in [7, 11) is 2.24. The van der Waals surface area contributed by atoms with Gasteiger partial charge in [0.05, 0.1) is 17.0 Å². The Morgan fingerprint density at radius 3 is 2.31 bits per heavy atom. The molecule has 2 fully saturated rings. The maximum Gasteiger partial charge on any atom is 0.508 e. The highest BCUT2D eigenvalue weighted by molar-refractivity contribution is 6.64. The molecule has 0 heterocycles. The molecule has 0 radical (unpaired) electrons. The lowest BCUT2D eigenvalue weighted by atomic mass is 9.89. The van der Waals surface area contributed by atoms with Crippen molar-refractivity contribution < 1.29 is 13.3 Å². The van der Waals surface area contributed by atoms with Crippen LogP contribution in [0.15, 0.2) is 0 Å². The van der Waals surface area contributed by atoms with Crippen LogP contribution in [-0.2, 0) is 13.3 Å². The van der Waals surface area contributed by atoms with Crippen LogP contribution in [0.1, 0.15) is 25.7 Å². The first kappa shape index (κ1) is 12.1. The highest BCUT2D eigenvalue weighted by atomic mass is 28.4. The van der Waals surface area contributed by atoms with E-state index in [1.54, 1.807) is 21.3 Å². The van der Waals surface area contributed by atoms with Crippen LogP contribution in [0.5, 0.6) is 0 Å². The molecule has 2 rings (SSSR count). The molecule has 2 saturated carbocycles. The third kappa shape index (κ3) is 1.31. The topological polar surface area (TPSA) is 51.5 Å². The van der Waals surface area contributed by atoms with Gasteiger partial charge in [0.1, 0.15) is 0 Å². The molecule has 0 aromatic carbocycles. The molecule has 0 aromatic heterocycles. The zero-order valence-corrected chi connectivity index (χ0v) is 11.2. The van der Waals surface area contributed by atoms with Crippen molar-refractivity contribution in [2.45, 2.75) is 30.7 Å². The SMILES string of the molecule is CO[Si](OC)(OC)C12CCC(CC1C#N)C2. The highest BCUT2D eigenvalue weighted by Crippen LogP contribution is 2.67. The zero-order valence-electron chi connectivity index (χ0n) is 10.2. The maximum atomic E-state index is 9.31. The number of nitriles is 1. The van der Waals surface area contributed by atoms with Gasteiger partial charge in [0.2, 0.25) is 0 Å². The lowest BCUT2D eigenvalue weighted by Crippen LogP contribution is -2.55. The Labute approximate surface area is 97.9 Å². The van der Waals surface area contributed by atoms with Crippen LogP contribution in [0.25, 0.3) is 0 Å². The van der Waals surface area contributed by atoms with Crippen LogP contribution >= 0.6 is 0 Å². The summed E-state index contributed by atoms with van der Waals surface area (Å²) in [6, 6.07) is 2.44. The van der Waals surface area contributed by atoms with Gasteiger partial charge in [-0.15, -0.1) is 0 Å². The average Bonchev–Trinajstić information content (AvgIpc) is 2.90. The minimum atomic E-state index is -2.70. The van der Waals surface area contributed by atoms with E-state index < -0.39 is 8.80 Å². The lowest BCUT2D eigenvalue weighted by molar-refractivity contribution is 0.0820. The van der Waals surface area contributed by atoms with Gasteiger partial charge in [-0.2, -0.15) is 5.26 Å². The molecule has 0 aliphatic heterocycles. The molecule has 2 aliphatic carbocycles. The Bertz CT molecular complexity index is 305. The van der Waals surface area contributed by atoms with E-state index in [1.807, 2.05) is 0 Å². The largest absolute Gasteiger partial charge is 0.508 e. The van der Waals surface area contributed by atoms with Crippen LogP contribution in [0.2, 0.25) is 5.04 Å². The Morgan fingerprint density at radius 2 is 1.88 bits per heavy atom. The number of hydrogen-bond acceptors (Lipinski definition) is 4. The molecule has 0 aromatic rings. The quantitative estimate of drug-likeness (QED) is 0.706. The number of rotatable bonds is 4. The monoisotopic (exact) mass is 241 g/mol. The highest BCUT2D eigenvalue weighted by Gasteiger charge is 2.69. The average molecular weight is 241 g/mol. The number of hydrogen-bond donors (Lipinski definition) is 0. The summed E-state index contributed by atoms with van der Waals surface area (Å²) in [6.45, 7) is 0. The summed E-state index contributed by atoms with van der Waals surface area (Å²) in [5.41, 5.74) is 0. The Kier molecular flexibility index (Phi) is 3.10. The van der Waals surface area contributed by atoms with E-state index >= 15 is 0 Å². The van der Waals surface area contributed by atoms with Crippen molar-refractivity contribution in [1.82, 2.24) is 0 Å². The van der Waals surface area contributed by atoms with Crippen molar-refractivity contribution in [3.63, 3.8) is 0 Å². The van der Waals surface area contributed by atoms with Gasteiger partial charge in [0.25, 0.3) is 0 Å². The van der Waals surface area contributed by atoms with Crippen LogP contribution in [0, 0.1) is 23.2 Å². The predicted octanol–water partition coefficient (Wildman–Crippen LogP) is 1.95. The first-order chi connectivity index (χ1) is 7.68. The third-order valence-corrected chi connectivity index (χ3v) is 8.09. The van der Waals surface area contributed by atoms with E-state index in [0.29, 0.717) is 5.92 Å². The second-order valence-corrected chi connectivity index (χ2v) is 8.18. The van der Waals surface area contributed by atoms with Gasteiger partial charge in [0, 0.05) is 21.3 Å². The molecule has 3 unspecified atom stereocenters. The Balaban J connectivity index is 2.39. The fraction of sp³-hybridized carbons (Fsp3) is 0.909. The summed E-state index contributed by atoms with van der Waals surface area (Å²) in [4.78, 5) is 0. The normalized spacial score (nSPS) is 37.6. The molecular formula is C11H19NO3Si. The second-order valence-electron chi connectivity index (χ2n) is 4.85. The van der Waals surface area contributed by atoms with E-state index in [4.69, 9.17) is 13.3 Å². The second kappa shape index (κ2) is 4.11. The van der Waals surface area contributed by atoms with Crippen molar-refractivity contribution in [2.75, 3.05) is 21.3 Å². The van der Waals surface area contributed by atoms with E-state index in [0.717, 1.165) is 19.3 Å². The fourth-order valence-corrected chi connectivity index (χ4v) is 7.10. The molecule has 3 atom stereocenters. The molecular weight excluding hydrogens is 222 g/mol. The lowest BCUT2D eigenvalue weighted by Gasteiger charge is -2.42. The Morgan fingerprint density at radius 1 is 1.25 bits per heavy atom. The molecule has 0 amide bonds. The molecule has 0 saturated heterocycles. The molecule has 4 nitrogen and oxygen atoms in total. The van der Waals surface area contributed by atoms with E-state index in [2.05, 4.69) is 6.07 Å². The van der Waals surface area contributed by atoms with Gasteiger partial charge in [-0.25, -0.2) is 0 Å². The molecule has 90 valence electrons. The summed E-state index contributed by atoms with van der Waals surface area (Å²) in [5.74, 6) is 0.703. The molecule has 0 spiro atoms. The third-order valence-electron chi connectivity index (χ3n) is 4.46. The van der Waals surface area contributed by atoms with E-state index in [9.17, 15) is 5.26 Å². The van der Waals surface area contributed by atoms with Crippen molar-refractivity contribution >= 4 is 8.80 Å². The first-order valence-corrected chi connectivity index (χ1v) is 7.45. The van der Waals surface area contributed by atoms with Gasteiger partial charge < -0.3 is 13.3 Å². The van der Waals surface area contributed by atoms with Gasteiger partial charge >= 0.3 is 8.80 Å². The molecule has 2 aliphatic rings. The smallest absolute Gasteiger partial charge is 0.376 e. The van der Waals surface area contributed by atoms with E-state index in [1.165, 1.54) is 6.42 Å². The van der Waals surface area contributed by atoms with E-state index in [-0.39, 0.29) is 11.0 Å². The zero-order chi connectivity index (χ0) is 11.8. The summed E-state index contributed by atoms with van der Waals surface area (Å²) < 4.78 is 16.8. The summed E-state index contributed by atoms with van der Waals surface area (Å²) in [6.07, 6.45) is 4.22. The minimum absolute atomic E-state index is 0.0396. The first-order valence-electron chi connectivity index (χ1n) is 5.73.